The van der Waals surface area contributed by atoms with Gasteiger partial charge in [-0.05, 0) is 44.1 Å². The lowest BCUT2D eigenvalue weighted by atomic mass is 10.1. The number of rotatable bonds is 4. The Morgan fingerprint density at radius 3 is 3.05 bits per heavy atom. The van der Waals surface area contributed by atoms with Crippen molar-refractivity contribution in [2.45, 2.75) is 25.8 Å². The van der Waals surface area contributed by atoms with Crippen LogP contribution in [0.5, 0.6) is 0 Å². The van der Waals surface area contributed by atoms with Crippen molar-refractivity contribution in [3.8, 4) is 0 Å². The van der Waals surface area contributed by atoms with Gasteiger partial charge in [-0.2, -0.15) is 0 Å². The van der Waals surface area contributed by atoms with Gasteiger partial charge in [0.2, 0.25) is 0 Å². The van der Waals surface area contributed by atoms with Gasteiger partial charge in [0.05, 0.1) is 0 Å². The lowest BCUT2D eigenvalue weighted by Crippen LogP contribution is -2.40. The molecule has 4 nitrogen and oxygen atoms in total. The average Bonchev–Trinajstić information content (AvgIpc) is 3.11. The van der Waals surface area contributed by atoms with E-state index in [0.29, 0.717) is 6.04 Å². The summed E-state index contributed by atoms with van der Waals surface area (Å²) in [5, 5.41) is 4.14. The van der Waals surface area contributed by atoms with Crippen LogP contribution < -0.4 is 5.32 Å². The van der Waals surface area contributed by atoms with Crippen LogP contribution in [0.25, 0.3) is 10.9 Å². The maximum atomic E-state index is 12.5. The highest BCUT2D eigenvalue weighted by atomic mass is 16.1. The largest absolute Gasteiger partial charge is 0.351 e. The van der Waals surface area contributed by atoms with Crippen molar-refractivity contribution >= 4 is 16.8 Å². The number of aryl methyl sites for hydroxylation is 1. The quantitative estimate of drug-likeness (QED) is 0.936. The number of benzene rings is 1. The third-order valence-corrected chi connectivity index (χ3v) is 4.58. The molecule has 1 aromatic heterocycles. The summed E-state index contributed by atoms with van der Waals surface area (Å²) < 4.78 is 2.04. The van der Waals surface area contributed by atoms with Crippen molar-refractivity contribution in [3.63, 3.8) is 0 Å². The molecule has 0 radical (unpaired) electrons. The van der Waals surface area contributed by atoms with Crippen LogP contribution in [0.15, 0.2) is 30.5 Å². The molecule has 21 heavy (non-hydrogen) atoms. The van der Waals surface area contributed by atoms with Gasteiger partial charge >= 0.3 is 0 Å². The number of nitrogens with zero attached hydrogens (tertiary/aromatic N) is 2. The van der Waals surface area contributed by atoms with Crippen molar-refractivity contribution in [1.29, 1.82) is 0 Å². The van der Waals surface area contributed by atoms with Crippen LogP contribution in [-0.4, -0.2) is 41.1 Å². The van der Waals surface area contributed by atoms with E-state index in [0.717, 1.165) is 36.1 Å². The number of amides is 1. The molecule has 112 valence electrons. The van der Waals surface area contributed by atoms with Crippen molar-refractivity contribution < 1.29 is 4.79 Å². The molecule has 0 spiro atoms. The molecule has 1 aliphatic heterocycles. The maximum absolute atomic E-state index is 12.5. The summed E-state index contributed by atoms with van der Waals surface area (Å²) in [6.45, 7) is 5.15. The Hall–Kier alpha value is -1.81. The van der Waals surface area contributed by atoms with E-state index in [4.69, 9.17) is 0 Å². The Morgan fingerprint density at radius 1 is 1.38 bits per heavy atom. The van der Waals surface area contributed by atoms with E-state index in [1.807, 2.05) is 42.1 Å². The summed E-state index contributed by atoms with van der Waals surface area (Å²) in [5.74, 6) is 0.0368. The van der Waals surface area contributed by atoms with Gasteiger partial charge in [-0.1, -0.05) is 13.0 Å². The van der Waals surface area contributed by atoms with Gasteiger partial charge < -0.3 is 9.88 Å². The highest BCUT2D eigenvalue weighted by molar-refractivity contribution is 6.06. The van der Waals surface area contributed by atoms with E-state index in [1.54, 1.807) is 0 Å². The maximum Gasteiger partial charge on any atom is 0.252 e. The van der Waals surface area contributed by atoms with Crippen LogP contribution >= 0.6 is 0 Å². The number of hydrogen-bond donors (Lipinski definition) is 1. The van der Waals surface area contributed by atoms with Crippen molar-refractivity contribution in [1.82, 2.24) is 14.8 Å². The summed E-state index contributed by atoms with van der Waals surface area (Å²) in [5.41, 5.74) is 1.87. The van der Waals surface area contributed by atoms with Crippen molar-refractivity contribution in [3.05, 3.63) is 36.0 Å². The molecule has 0 aliphatic carbocycles. The molecule has 1 unspecified atom stereocenters. The summed E-state index contributed by atoms with van der Waals surface area (Å²) in [7, 11) is 2.00. The number of hydrogen-bond acceptors (Lipinski definition) is 2. The first-order valence-electron chi connectivity index (χ1n) is 7.77. The van der Waals surface area contributed by atoms with E-state index in [2.05, 4.69) is 17.1 Å². The Labute approximate surface area is 125 Å². The van der Waals surface area contributed by atoms with E-state index in [-0.39, 0.29) is 5.91 Å². The Kier molecular flexibility index (Phi) is 3.97. The number of likely N-dealkylation sites (tertiary alicyclic amines) is 1. The minimum atomic E-state index is 0.0368. The van der Waals surface area contributed by atoms with Gasteiger partial charge in [-0.15, -0.1) is 0 Å². The molecule has 1 atom stereocenters. The predicted molar refractivity (Wildman–Crippen MR) is 85.5 cm³/mol. The van der Waals surface area contributed by atoms with Crippen molar-refractivity contribution in [2.75, 3.05) is 19.6 Å². The van der Waals surface area contributed by atoms with E-state index >= 15 is 0 Å². The molecule has 0 saturated carbocycles. The molecule has 2 aromatic rings. The standard InChI is InChI=1S/C17H23N3O/c1-3-20-10-5-6-13(20)12-18-17(21)15-7-4-8-16-14(15)9-11-19(16)2/h4,7-9,11,13H,3,5-6,10,12H2,1-2H3,(H,18,21). The normalized spacial score (nSPS) is 19.2. The summed E-state index contributed by atoms with van der Waals surface area (Å²) in [4.78, 5) is 14.9. The van der Waals surface area contributed by atoms with Gasteiger partial charge in [-0.3, -0.25) is 9.69 Å². The Morgan fingerprint density at radius 2 is 2.24 bits per heavy atom. The monoisotopic (exact) mass is 285 g/mol. The van der Waals surface area contributed by atoms with E-state index in [1.165, 1.54) is 12.8 Å². The second-order valence-corrected chi connectivity index (χ2v) is 5.80. The van der Waals surface area contributed by atoms with E-state index < -0.39 is 0 Å². The number of nitrogens with one attached hydrogen (secondary N) is 1. The first kappa shape index (κ1) is 14.1. The first-order chi connectivity index (χ1) is 10.2. The smallest absolute Gasteiger partial charge is 0.252 e. The van der Waals surface area contributed by atoms with Crippen LogP contribution in [0, 0.1) is 0 Å². The summed E-state index contributed by atoms with van der Waals surface area (Å²) in [6.07, 6.45) is 4.42. The highest BCUT2D eigenvalue weighted by Crippen LogP contribution is 2.20. The van der Waals surface area contributed by atoms with Crippen LogP contribution in [-0.2, 0) is 7.05 Å². The van der Waals surface area contributed by atoms with Gasteiger partial charge in [0.15, 0.2) is 0 Å². The molecule has 4 heteroatoms. The molecular weight excluding hydrogens is 262 g/mol. The highest BCUT2D eigenvalue weighted by Gasteiger charge is 2.23. The zero-order valence-corrected chi connectivity index (χ0v) is 12.8. The zero-order chi connectivity index (χ0) is 14.8. The average molecular weight is 285 g/mol. The summed E-state index contributed by atoms with van der Waals surface area (Å²) >= 11 is 0. The molecule has 1 saturated heterocycles. The lowest BCUT2D eigenvalue weighted by Gasteiger charge is -2.22. The number of carbonyl (C=O) groups excluding carboxylic acids is 1. The van der Waals surface area contributed by atoms with Crippen LogP contribution in [0.3, 0.4) is 0 Å². The van der Waals surface area contributed by atoms with Crippen LogP contribution in [0.4, 0.5) is 0 Å². The topological polar surface area (TPSA) is 37.3 Å². The number of fused-ring (bicyclic) bond motifs is 1. The first-order valence-corrected chi connectivity index (χ1v) is 7.77. The second kappa shape index (κ2) is 5.90. The van der Waals surface area contributed by atoms with Crippen LogP contribution in [0.1, 0.15) is 30.1 Å². The number of likely N-dealkylation sites (N-methyl/N-ethyl adjacent to an activating group) is 1. The van der Waals surface area contributed by atoms with Gasteiger partial charge in [0, 0.05) is 42.3 Å². The fourth-order valence-corrected chi connectivity index (χ4v) is 3.35. The SMILES string of the molecule is CCN1CCCC1CNC(=O)c1cccc2c1ccn2C. The van der Waals surface area contributed by atoms with Gasteiger partial charge in [0.1, 0.15) is 0 Å². The zero-order valence-electron chi connectivity index (χ0n) is 12.8. The third kappa shape index (κ3) is 2.68. The second-order valence-electron chi connectivity index (χ2n) is 5.80. The molecule has 1 amide bonds. The van der Waals surface area contributed by atoms with E-state index in [9.17, 15) is 4.79 Å². The molecular formula is C17H23N3O. The third-order valence-electron chi connectivity index (χ3n) is 4.58. The minimum absolute atomic E-state index is 0.0368. The molecule has 2 heterocycles. The molecule has 1 N–H and O–H groups in total. The summed E-state index contributed by atoms with van der Waals surface area (Å²) in [6, 6.07) is 8.41. The number of carbonyl (C=O) groups is 1. The van der Waals surface area contributed by atoms with Gasteiger partial charge in [0.25, 0.3) is 5.91 Å². The minimum Gasteiger partial charge on any atom is -0.351 e. The molecule has 3 rings (SSSR count). The molecule has 0 bridgehead atoms. The Bertz CT molecular complexity index is 647. The fraction of sp³-hybridized carbons (Fsp3) is 0.471. The van der Waals surface area contributed by atoms with Crippen molar-refractivity contribution in [2.24, 2.45) is 7.05 Å². The Balaban J connectivity index is 1.72. The lowest BCUT2D eigenvalue weighted by molar-refractivity contribution is 0.0943. The molecule has 1 fully saturated rings. The van der Waals surface area contributed by atoms with Gasteiger partial charge in [-0.25, -0.2) is 0 Å². The number of aromatic nitrogens is 1. The predicted octanol–water partition coefficient (Wildman–Crippen LogP) is 2.39. The fourth-order valence-electron chi connectivity index (χ4n) is 3.35. The molecule has 1 aromatic carbocycles. The van der Waals surface area contributed by atoms with Crippen LogP contribution in [0.2, 0.25) is 0 Å². The molecule has 1 aliphatic rings.